The van der Waals surface area contributed by atoms with Crippen molar-refractivity contribution in [3.8, 4) is 0 Å². The summed E-state index contributed by atoms with van der Waals surface area (Å²) in [4.78, 5) is 31.1. The highest BCUT2D eigenvalue weighted by Gasteiger charge is 2.33. The topological polar surface area (TPSA) is 78.0 Å². The fraction of sp³-hybridized carbons (Fsp3) is 0.579. The molecular weight excluding hydrogens is 366 g/mol. The molecule has 2 amide bonds. The van der Waals surface area contributed by atoms with Crippen molar-refractivity contribution in [1.29, 1.82) is 0 Å². The van der Waals surface area contributed by atoms with Crippen LogP contribution in [0.15, 0.2) is 24.3 Å². The van der Waals surface area contributed by atoms with E-state index in [9.17, 15) is 18.0 Å². The van der Waals surface area contributed by atoms with Crippen LogP contribution in [0.3, 0.4) is 0 Å². The molecule has 2 saturated heterocycles. The molecule has 0 aliphatic carbocycles. The van der Waals surface area contributed by atoms with Crippen LogP contribution < -0.4 is 0 Å². The van der Waals surface area contributed by atoms with Gasteiger partial charge in [0.05, 0.1) is 11.8 Å². The van der Waals surface area contributed by atoms with Crippen molar-refractivity contribution in [3.05, 3.63) is 35.4 Å². The van der Waals surface area contributed by atoms with Gasteiger partial charge in [0.15, 0.2) is 9.84 Å². The number of piperazine rings is 1. The Morgan fingerprint density at radius 1 is 1.00 bits per heavy atom. The second-order valence-electron chi connectivity index (χ2n) is 7.52. The van der Waals surface area contributed by atoms with Crippen LogP contribution in [0.4, 0.5) is 0 Å². The number of carbonyl (C=O) groups is 2. The molecule has 148 valence electrons. The van der Waals surface area contributed by atoms with E-state index >= 15 is 0 Å². The molecule has 1 aromatic carbocycles. The van der Waals surface area contributed by atoms with Crippen LogP contribution in [-0.4, -0.2) is 87.0 Å². The Labute approximate surface area is 160 Å². The minimum absolute atomic E-state index is 0.0189. The van der Waals surface area contributed by atoms with Gasteiger partial charge in [-0.2, -0.15) is 0 Å². The smallest absolute Gasteiger partial charge is 0.253 e. The van der Waals surface area contributed by atoms with Crippen molar-refractivity contribution in [2.45, 2.75) is 24.6 Å². The Bertz CT molecular complexity index is 799. The summed E-state index contributed by atoms with van der Waals surface area (Å²) in [6.07, 6.45) is 3.16. The largest absolute Gasteiger partial charge is 0.338 e. The first kappa shape index (κ1) is 19.8. The number of benzene rings is 1. The third-order valence-corrected chi connectivity index (χ3v) is 6.17. The summed E-state index contributed by atoms with van der Waals surface area (Å²) < 4.78 is 22.7. The number of likely N-dealkylation sites (N-methyl/N-ethyl adjacent to an activating group) is 1. The Morgan fingerprint density at radius 2 is 1.59 bits per heavy atom. The quantitative estimate of drug-likeness (QED) is 0.749. The van der Waals surface area contributed by atoms with Gasteiger partial charge in [-0.3, -0.25) is 14.5 Å². The van der Waals surface area contributed by atoms with Crippen molar-refractivity contribution >= 4 is 21.7 Å². The Balaban J connectivity index is 1.56. The monoisotopic (exact) mass is 393 g/mol. The molecule has 0 aromatic heterocycles. The molecule has 8 heteroatoms. The molecule has 0 spiro atoms. The van der Waals surface area contributed by atoms with E-state index in [0.29, 0.717) is 37.3 Å². The molecule has 7 nitrogen and oxygen atoms in total. The minimum Gasteiger partial charge on any atom is -0.338 e. The SMILES string of the molecule is CN1CCCC1C(=O)N1CCN(C(=O)c2ccc(CS(C)(=O)=O)cc2)CC1. The van der Waals surface area contributed by atoms with Gasteiger partial charge in [-0.25, -0.2) is 8.42 Å². The lowest BCUT2D eigenvalue weighted by Gasteiger charge is -2.37. The maximum atomic E-state index is 12.7. The molecule has 0 bridgehead atoms. The summed E-state index contributed by atoms with van der Waals surface area (Å²) in [5, 5.41) is 0. The first-order valence-corrected chi connectivity index (χ1v) is 11.4. The van der Waals surface area contributed by atoms with Crippen LogP contribution >= 0.6 is 0 Å². The lowest BCUT2D eigenvalue weighted by atomic mass is 10.1. The third kappa shape index (κ3) is 4.87. The molecule has 27 heavy (non-hydrogen) atoms. The molecule has 3 rings (SSSR count). The second kappa shape index (κ2) is 7.98. The summed E-state index contributed by atoms with van der Waals surface area (Å²) in [6, 6.07) is 6.70. The molecule has 2 heterocycles. The molecular formula is C19H27N3O4S. The predicted octanol–water partition coefficient (Wildman–Crippen LogP) is 0.610. The van der Waals surface area contributed by atoms with Gasteiger partial charge in [-0.1, -0.05) is 12.1 Å². The van der Waals surface area contributed by atoms with Gasteiger partial charge in [-0.05, 0) is 44.1 Å². The van der Waals surface area contributed by atoms with Crippen molar-refractivity contribution in [2.24, 2.45) is 0 Å². The van der Waals surface area contributed by atoms with Crippen LogP contribution in [-0.2, 0) is 20.4 Å². The van der Waals surface area contributed by atoms with Crippen molar-refractivity contribution in [3.63, 3.8) is 0 Å². The maximum absolute atomic E-state index is 12.7. The molecule has 0 N–H and O–H groups in total. The van der Waals surface area contributed by atoms with Crippen molar-refractivity contribution < 1.29 is 18.0 Å². The molecule has 0 saturated carbocycles. The number of amides is 2. The average molecular weight is 394 g/mol. The van der Waals surface area contributed by atoms with Crippen LogP contribution in [0.2, 0.25) is 0 Å². The normalized spacial score (nSPS) is 21.5. The highest BCUT2D eigenvalue weighted by molar-refractivity contribution is 7.89. The highest BCUT2D eigenvalue weighted by Crippen LogP contribution is 2.19. The van der Waals surface area contributed by atoms with E-state index in [1.807, 2.05) is 11.9 Å². The predicted molar refractivity (Wildman–Crippen MR) is 103 cm³/mol. The Hall–Kier alpha value is -1.93. The van der Waals surface area contributed by atoms with Gasteiger partial charge in [0.2, 0.25) is 5.91 Å². The first-order valence-electron chi connectivity index (χ1n) is 9.29. The third-order valence-electron chi connectivity index (χ3n) is 5.31. The molecule has 0 radical (unpaired) electrons. The van der Waals surface area contributed by atoms with Gasteiger partial charge >= 0.3 is 0 Å². The van der Waals surface area contributed by atoms with Crippen LogP contribution in [0.1, 0.15) is 28.8 Å². The highest BCUT2D eigenvalue weighted by atomic mass is 32.2. The number of nitrogens with zero attached hydrogens (tertiary/aromatic N) is 3. The lowest BCUT2D eigenvalue weighted by Crippen LogP contribution is -2.54. The first-order chi connectivity index (χ1) is 12.7. The van der Waals surface area contributed by atoms with Crippen LogP contribution in [0.25, 0.3) is 0 Å². The zero-order valence-electron chi connectivity index (χ0n) is 15.9. The van der Waals surface area contributed by atoms with E-state index in [1.54, 1.807) is 29.2 Å². The maximum Gasteiger partial charge on any atom is 0.253 e. The van der Waals surface area contributed by atoms with E-state index in [4.69, 9.17) is 0 Å². The van der Waals surface area contributed by atoms with Crippen LogP contribution in [0, 0.1) is 0 Å². The molecule has 1 atom stereocenters. The number of carbonyl (C=O) groups excluding carboxylic acids is 2. The van der Waals surface area contributed by atoms with E-state index in [1.165, 1.54) is 6.26 Å². The summed E-state index contributed by atoms with van der Waals surface area (Å²) in [5.41, 5.74) is 1.22. The zero-order valence-corrected chi connectivity index (χ0v) is 16.7. The number of likely N-dealkylation sites (tertiary alicyclic amines) is 1. The number of hydrogen-bond acceptors (Lipinski definition) is 5. The zero-order chi connectivity index (χ0) is 19.6. The van der Waals surface area contributed by atoms with E-state index < -0.39 is 9.84 Å². The van der Waals surface area contributed by atoms with Gasteiger partial charge in [0, 0.05) is 38.0 Å². The fourth-order valence-electron chi connectivity index (χ4n) is 3.79. The van der Waals surface area contributed by atoms with E-state index in [-0.39, 0.29) is 23.6 Å². The number of hydrogen-bond donors (Lipinski definition) is 0. The van der Waals surface area contributed by atoms with E-state index in [0.717, 1.165) is 19.4 Å². The second-order valence-corrected chi connectivity index (χ2v) is 9.66. The summed E-state index contributed by atoms with van der Waals surface area (Å²) in [6.45, 7) is 3.12. The fourth-order valence-corrected chi connectivity index (χ4v) is 4.59. The van der Waals surface area contributed by atoms with E-state index in [2.05, 4.69) is 4.90 Å². The Morgan fingerprint density at radius 3 is 2.11 bits per heavy atom. The number of sulfone groups is 1. The van der Waals surface area contributed by atoms with Gasteiger partial charge in [-0.15, -0.1) is 0 Å². The molecule has 2 fully saturated rings. The van der Waals surface area contributed by atoms with Gasteiger partial charge < -0.3 is 9.80 Å². The molecule has 2 aliphatic heterocycles. The summed E-state index contributed by atoms with van der Waals surface area (Å²) in [7, 11) is -1.10. The molecule has 1 unspecified atom stereocenters. The summed E-state index contributed by atoms with van der Waals surface area (Å²) in [5.74, 6) is 0.0657. The average Bonchev–Trinajstić information content (AvgIpc) is 3.06. The molecule has 1 aromatic rings. The van der Waals surface area contributed by atoms with Gasteiger partial charge in [0.1, 0.15) is 0 Å². The lowest BCUT2D eigenvalue weighted by molar-refractivity contribution is -0.137. The van der Waals surface area contributed by atoms with Gasteiger partial charge in [0.25, 0.3) is 5.91 Å². The standard InChI is InChI=1S/C19H27N3O4S/c1-20-9-3-4-17(20)19(24)22-12-10-21(11-13-22)18(23)16-7-5-15(6-8-16)14-27(2,25)26/h5-8,17H,3-4,9-14H2,1-2H3. The Kier molecular flexibility index (Phi) is 5.86. The van der Waals surface area contributed by atoms with Crippen molar-refractivity contribution in [2.75, 3.05) is 46.0 Å². The molecule has 2 aliphatic rings. The number of rotatable bonds is 4. The minimum atomic E-state index is -3.09. The van der Waals surface area contributed by atoms with Crippen molar-refractivity contribution in [1.82, 2.24) is 14.7 Å². The summed E-state index contributed by atoms with van der Waals surface area (Å²) >= 11 is 0. The van der Waals surface area contributed by atoms with Crippen LogP contribution in [0.5, 0.6) is 0 Å².